The Bertz CT molecular complexity index is 874. The highest BCUT2D eigenvalue weighted by Crippen LogP contribution is 2.17. The Morgan fingerprint density at radius 2 is 1.57 bits per heavy atom. The van der Waals surface area contributed by atoms with Crippen molar-refractivity contribution in [2.24, 2.45) is 0 Å². The lowest BCUT2D eigenvalue weighted by atomic mass is 9.94. The van der Waals surface area contributed by atoms with Crippen molar-refractivity contribution < 1.29 is 13.0 Å². The third-order valence-corrected chi connectivity index (χ3v) is 7.69. The van der Waals surface area contributed by atoms with Crippen LogP contribution in [0.4, 0.5) is 0 Å². The molecule has 2 aromatic rings. The highest BCUT2D eigenvalue weighted by molar-refractivity contribution is 7.88. The maximum Gasteiger partial charge on any atom is 0.287 e. The summed E-state index contributed by atoms with van der Waals surface area (Å²) in [7, 11) is -4.75. The van der Waals surface area contributed by atoms with Gasteiger partial charge in [0.25, 0.3) is 10.1 Å². The van der Waals surface area contributed by atoms with Gasteiger partial charge in [-0.1, -0.05) is 85.6 Å². The number of allylic oxidation sites excluding steroid dienone is 1. The summed E-state index contributed by atoms with van der Waals surface area (Å²) in [4.78, 5) is 0. The molecule has 0 unspecified atom stereocenters. The summed E-state index contributed by atoms with van der Waals surface area (Å²) in [5.41, 5.74) is 4.14. The summed E-state index contributed by atoms with van der Waals surface area (Å²) in [6.45, 7) is 4.44. The SMILES string of the molecule is CCCCc1ccc(CC=CS(=O)(=O)O)c([SiH2]c2ccccc2)c1CCCC. The molecule has 0 bridgehead atoms. The van der Waals surface area contributed by atoms with Crippen LogP contribution < -0.4 is 10.4 Å². The van der Waals surface area contributed by atoms with Gasteiger partial charge >= 0.3 is 0 Å². The minimum absolute atomic E-state index is 0.530. The summed E-state index contributed by atoms with van der Waals surface area (Å²) in [6.07, 6.45) is 8.97. The van der Waals surface area contributed by atoms with Crippen molar-refractivity contribution in [1.82, 2.24) is 0 Å². The normalized spacial score (nSPS) is 12.4. The van der Waals surface area contributed by atoms with Crippen molar-refractivity contribution in [3.8, 4) is 0 Å². The molecular formula is C23H32O3SSi. The molecule has 0 aliphatic heterocycles. The molecule has 5 heteroatoms. The van der Waals surface area contributed by atoms with E-state index in [9.17, 15) is 8.42 Å². The van der Waals surface area contributed by atoms with Gasteiger partial charge in [-0.25, -0.2) is 0 Å². The van der Waals surface area contributed by atoms with Gasteiger partial charge in [0.2, 0.25) is 0 Å². The average molecular weight is 417 g/mol. The Morgan fingerprint density at radius 3 is 2.21 bits per heavy atom. The molecule has 152 valence electrons. The maximum absolute atomic E-state index is 11.1. The summed E-state index contributed by atoms with van der Waals surface area (Å²) in [6, 6.07) is 15.0. The Labute approximate surface area is 172 Å². The van der Waals surface area contributed by atoms with Gasteiger partial charge in [-0.3, -0.25) is 4.55 Å². The lowest BCUT2D eigenvalue weighted by Gasteiger charge is -2.19. The van der Waals surface area contributed by atoms with Crippen molar-refractivity contribution in [2.75, 3.05) is 0 Å². The van der Waals surface area contributed by atoms with E-state index in [1.807, 2.05) is 6.07 Å². The van der Waals surface area contributed by atoms with E-state index in [0.29, 0.717) is 6.42 Å². The minimum Gasteiger partial charge on any atom is -0.282 e. The van der Waals surface area contributed by atoms with Gasteiger partial charge in [-0.15, -0.1) is 0 Å². The second kappa shape index (κ2) is 11.3. The third-order valence-electron chi connectivity index (χ3n) is 5.03. The molecule has 0 aliphatic rings. The number of unbranched alkanes of at least 4 members (excludes halogenated alkanes) is 2. The second-order valence-corrected chi connectivity index (χ2v) is 10.5. The van der Waals surface area contributed by atoms with Crippen LogP contribution in [0.25, 0.3) is 0 Å². The zero-order valence-corrected chi connectivity index (χ0v) is 19.3. The summed E-state index contributed by atoms with van der Waals surface area (Å²) in [5.74, 6) is 0. The van der Waals surface area contributed by atoms with Gasteiger partial charge in [0.15, 0.2) is 0 Å². The van der Waals surface area contributed by atoms with E-state index in [1.54, 1.807) is 6.08 Å². The number of benzene rings is 2. The number of rotatable bonds is 11. The average Bonchev–Trinajstić information content (AvgIpc) is 2.66. The molecule has 0 radical (unpaired) electrons. The fraction of sp³-hybridized carbons (Fsp3) is 0.391. The predicted octanol–water partition coefficient (Wildman–Crippen LogP) is 3.44. The lowest BCUT2D eigenvalue weighted by Crippen LogP contribution is -2.33. The topological polar surface area (TPSA) is 54.4 Å². The Balaban J connectivity index is 2.47. The maximum atomic E-state index is 11.1. The fourth-order valence-corrected chi connectivity index (χ4v) is 5.93. The molecule has 0 heterocycles. The molecule has 2 rings (SSSR count). The smallest absolute Gasteiger partial charge is 0.282 e. The summed E-state index contributed by atoms with van der Waals surface area (Å²) in [5, 5.41) is 3.75. The van der Waals surface area contributed by atoms with Crippen molar-refractivity contribution >= 4 is 30.0 Å². The summed E-state index contributed by atoms with van der Waals surface area (Å²) < 4.78 is 31.1. The van der Waals surface area contributed by atoms with Gasteiger partial charge in [0, 0.05) is 0 Å². The first kappa shape index (κ1) is 22.6. The number of hydrogen-bond donors (Lipinski definition) is 1. The molecule has 0 amide bonds. The predicted molar refractivity (Wildman–Crippen MR) is 122 cm³/mol. The van der Waals surface area contributed by atoms with Crippen LogP contribution >= 0.6 is 0 Å². The van der Waals surface area contributed by atoms with Crippen LogP contribution in [-0.2, 0) is 29.4 Å². The fourth-order valence-electron chi connectivity index (χ4n) is 3.56. The van der Waals surface area contributed by atoms with Crippen molar-refractivity contribution in [1.29, 1.82) is 0 Å². The van der Waals surface area contributed by atoms with Gasteiger partial charge < -0.3 is 0 Å². The van der Waals surface area contributed by atoms with Crippen LogP contribution in [0.1, 0.15) is 56.2 Å². The number of aryl methyl sites for hydroxylation is 1. The Morgan fingerprint density at radius 1 is 0.929 bits per heavy atom. The molecule has 28 heavy (non-hydrogen) atoms. The van der Waals surface area contributed by atoms with E-state index in [2.05, 4.69) is 50.2 Å². The molecule has 0 atom stereocenters. The van der Waals surface area contributed by atoms with Crippen LogP contribution in [0, 0.1) is 0 Å². The first-order valence-corrected chi connectivity index (χ1v) is 13.2. The van der Waals surface area contributed by atoms with Crippen LogP contribution in [0.15, 0.2) is 53.9 Å². The molecule has 0 fully saturated rings. The molecular weight excluding hydrogens is 384 g/mol. The quantitative estimate of drug-likeness (QED) is 0.451. The van der Waals surface area contributed by atoms with Crippen molar-refractivity contribution in [3.63, 3.8) is 0 Å². The first-order valence-electron chi connectivity index (χ1n) is 10.2. The molecule has 0 spiro atoms. The monoisotopic (exact) mass is 416 g/mol. The second-order valence-electron chi connectivity index (χ2n) is 7.30. The zero-order chi connectivity index (χ0) is 20.4. The van der Waals surface area contributed by atoms with Crippen molar-refractivity contribution in [3.05, 3.63) is 70.6 Å². The van der Waals surface area contributed by atoms with Crippen LogP contribution in [0.3, 0.4) is 0 Å². The molecule has 2 aromatic carbocycles. The highest BCUT2D eigenvalue weighted by atomic mass is 32.2. The van der Waals surface area contributed by atoms with E-state index >= 15 is 0 Å². The van der Waals surface area contributed by atoms with E-state index in [-0.39, 0.29) is 0 Å². The molecule has 0 saturated carbocycles. The van der Waals surface area contributed by atoms with Gasteiger partial charge in [-0.05, 0) is 48.8 Å². The minimum atomic E-state index is -4.08. The Kier molecular flexibility index (Phi) is 9.15. The van der Waals surface area contributed by atoms with E-state index in [4.69, 9.17) is 4.55 Å². The molecule has 1 N–H and O–H groups in total. The number of hydrogen-bond acceptors (Lipinski definition) is 2. The summed E-state index contributed by atoms with van der Waals surface area (Å²) >= 11 is 0. The first-order chi connectivity index (χ1) is 13.4. The third kappa shape index (κ3) is 7.38. The van der Waals surface area contributed by atoms with E-state index in [1.165, 1.54) is 46.3 Å². The van der Waals surface area contributed by atoms with Gasteiger partial charge in [0.1, 0.15) is 0 Å². The zero-order valence-electron chi connectivity index (χ0n) is 17.0. The highest BCUT2D eigenvalue weighted by Gasteiger charge is 2.14. The Hall–Kier alpha value is -1.69. The molecule has 0 aromatic heterocycles. The van der Waals surface area contributed by atoms with Gasteiger partial charge in [0.05, 0.1) is 14.9 Å². The molecule has 3 nitrogen and oxygen atoms in total. The van der Waals surface area contributed by atoms with Gasteiger partial charge in [-0.2, -0.15) is 8.42 Å². The largest absolute Gasteiger partial charge is 0.287 e. The van der Waals surface area contributed by atoms with Crippen molar-refractivity contribution in [2.45, 2.75) is 58.8 Å². The standard InChI is InChI=1S/C23H32O3SSi/c1-3-5-11-19-16-17-20(12-10-18-27(24,25)26)23(22(19)15-6-4-2)28-21-13-8-7-9-14-21/h7-10,13-14,16-18H,3-6,11-12,15,28H2,1-2H3,(H,24,25,26). The van der Waals surface area contributed by atoms with E-state index < -0.39 is 19.6 Å². The van der Waals surface area contributed by atoms with E-state index in [0.717, 1.165) is 24.7 Å². The van der Waals surface area contributed by atoms with Crippen LogP contribution in [0.5, 0.6) is 0 Å². The van der Waals surface area contributed by atoms with Crippen LogP contribution in [-0.4, -0.2) is 22.5 Å². The molecule has 0 aliphatic carbocycles. The molecule has 0 saturated heterocycles. The lowest BCUT2D eigenvalue weighted by molar-refractivity contribution is 0.494. The van der Waals surface area contributed by atoms with Crippen LogP contribution in [0.2, 0.25) is 0 Å².